The van der Waals surface area contributed by atoms with E-state index in [0.29, 0.717) is 17.8 Å². The zero-order valence-electron chi connectivity index (χ0n) is 16.2. The lowest BCUT2D eigenvalue weighted by Gasteiger charge is -2.44. The Labute approximate surface area is 170 Å². The number of hydrogen-bond acceptors (Lipinski definition) is 5. The fraction of sp³-hybridized carbons (Fsp3) is 0.619. The molecule has 2 aromatic rings. The molecule has 2 aromatic heterocycles. The molecular formula is C21H27N5OS. The van der Waals surface area contributed by atoms with Crippen LogP contribution in [0.3, 0.4) is 0 Å². The van der Waals surface area contributed by atoms with Gasteiger partial charge in [-0.3, -0.25) is 14.3 Å². The second-order valence-electron chi connectivity index (χ2n) is 8.28. The van der Waals surface area contributed by atoms with E-state index in [4.69, 9.17) is 0 Å². The molecule has 2 saturated carbocycles. The van der Waals surface area contributed by atoms with Crippen molar-refractivity contribution in [2.75, 3.05) is 12.3 Å². The number of carbonyl (C=O) groups is 1. The summed E-state index contributed by atoms with van der Waals surface area (Å²) in [7, 11) is 0. The van der Waals surface area contributed by atoms with E-state index in [0.717, 1.165) is 48.3 Å². The summed E-state index contributed by atoms with van der Waals surface area (Å²) in [6.07, 6.45) is 13.4. The number of carbonyl (C=O) groups excluding carboxylic acids is 1. The Hall–Kier alpha value is -1.89. The van der Waals surface area contributed by atoms with Crippen LogP contribution in [0.15, 0.2) is 29.7 Å². The van der Waals surface area contributed by atoms with E-state index < -0.39 is 0 Å². The monoisotopic (exact) mass is 397 g/mol. The fourth-order valence-electron chi connectivity index (χ4n) is 4.87. The third-order valence-corrected chi connectivity index (χ3v) is 7.31. The third kappa shape index (κ3) is 3.56. The van der Waals surface area contributed by atoms with Gasteiger partial charge in [0.25, 0.3) is 0 Å². The van der Waals surface area contributed by atoms with Gasteiger partial charge in [-0.05, 0) is 56.6 Å². The van der Waals surface area contributed by atoms with Crippen molar-refractivity contribution in [2.24, 2.45) is 5.92 Å². The Morgan fingerprint density at radius 1 is 1.11 bits per heavy atom. The standard InChI is InChI=1S/C21H27N5OS/c27-19(25-12-4-7-15-5-1-2-8-18(15)25)14-28-21-24-23-20(26(21)17-9-10-17)16-6-3-11-22-13-16/h3,6,11,13,15,17-18H,1-2,4-5,7-10,12,14H2/t15-,18+/m0/s1. The number of fused-ring (bicyclic) bond motifs is 1. The van der Waals surface area contributed by atoms with Gasteiger partial charge in [0.05, 0.1) is 5.75 Å². The van der Waals surface area contributed by atoms with Gasteiger partial charge in [0.2, 0.25) is 5.91 Å². The predicted octanol–water partition coefficient (Wildman–Crippen LogP) is 3.95. The number of aromatic nitrogens is 4. The summed E-state index contributed by atoms with van der Waals surface area (Å²) in [4.78, 5) is 19.4. The third-order valence-electron chi connectivity index (χ3n) is 6.38. The van der Waals surface area contributed by atoms with Gasteiger partial charge < -0.3 is 4.90 Å². The molecule has 5 rings (SSSR count). The number of pyridine rings is 1. The molecule has 0 spiro atoms. The van der Waals surface area contributed by atoms with Crippen LogP contribution in [0.2, 0.25) is 0 Å². The minimum atomic E-state index is 0.273. The van der Waals surface area contributed by atoms with Gasteiger partial charge in [0.1, 0.15) is 0 Å². The molecule has 0 N–H and O–H groups in total. The van der Waals surface area contributed by atoms with E-state index in [1.807, 2.05) is 18.3 Å². The largest absolute Gasteiger partial charge is 0.339 e. The quantitative estimate of drug-likeness (QED) is 0.715. The number of piperidine rings is 1. The van der Waals surface area contributed by atoms with Crippen molar-refractivity contribution in [1.29, 1.82) is 0 Å². The lowest BCUT2D eigenvalue weighted by atomic mass is 9.78. The van der Waals surface area contributed by atoms with E-state index >= 15 is 0 Å². The molecule has 3 aliphatic rings. The van der Waals surface area contributed by atoms with Crippen LogP contribution in [0.4, 0.5) is 0 Å². The van der Waals surface area contributed by atoms with Gasteiger partial charge in [0.15, 0.2) is 11.0 Å². The van der Waals surface area contributed by atoms with Crippen molar-refractivity contribution in [3.63, 3.8) is 0 Å². The molecule has 2 aliphatic carbocycles. The molecule has 3 fully saturated rings. The van der Waals surface area contributed by atoms with Crippen molar-refractivity contribution >= 4 is 17.7 Å². The first kappa shape index (κ1) is 18.2. The summed E-state index contributed by atoms with van der Waals surface area (Å²) in [6.45, 7) is 0.927. The van der Waals surface area contributed by atoms with Crippen LogP contribution < -0.4 is 0 Å². The summed E-state index contributed by atoms with van der Waals surface area (Å²) in [5, 5.41) is 9.73. The lowest BCUT2D eigenvalue weighted by Crippen LogP contribution is -2.50. The maximum Gasteiger partial charge on any atom is 0.233 e. The van der Waals surface area contributed by atoms with Gasteiger partial charge in [-0.15, -0.1) is 10.2 Å². The van der Waals surface area contributed by atoms with E-state index in [-0.39, 0.29) is 5.91 Å². The molecule has 0 unspecified atom stereocenters. The molecule has 148 valence electrons. The second-order valence-corrected chi connectivity index (χ2v) is 9.22. The van der Waals surface area contributed by atoms with Gasteiger partial charge in [-0.2, -0.15) is 0 Å². The van der Waals surface area contributed by atoms with Crippen LogP contribution in [-0.2, 0) is 4.79 Å². The number of thioether (sulfide) groups is 1. The summed E-state index contributed by atoms with van der Waals surface area (Å²) in [5.74, 6) is 2.33. The number of hydrogen-bond donors (Lipinski definition) is 0. The molecule has 0 aromatic carbocycles. The molecular weight excluding hydrogens is 370 g/mol. The first-order valence-electron chi connectivity index (χ1n) is 10.6. The van der Waals surface area contributed by atoms with Gasteiger partial charge in [-0.1, -0.05) is 24.6 Å². The molecule has 6 nitrogen and oxygen atoms in total. The predicted molar refractivity (Wildman–Crippen MR) is 109 cm³/mol. The van der Waals surface area contributed by atoms with Crippen LogP contribution in [0.25, 0.3) is 11.4 Å². The topological polar surface area (TPSA) is 63.9 Å². The van der Waals surface area contributed by atoms with Gasteiger partial charge in [-0.25, -0.2) is 0 Å². The number of likely N-dealkylation sites (tertiary alicyclic amines) is 1. The highest BCUT2D eigenvalue weighted by Crippen LogP contribution is 2.41. The summed E-state index contributed by atoms with van der Waals surface area (Å²) in [6, 6.07) is 4.88. The van der Waals surface area contributed by atoms with Crippen LogP contribution >= 0.6 is 11.8 Å². The average molecular weight is 398 g/mol. The fourth-order valence-corrected chi connectivity index (χ4v) is 5.76. The maximum atomic E-state index is 13.0. The smallest absolute Gasteiger partial charge is 0.233 e. The zero-order valence-corrected chi connectivity index (χ0v) is 17.0. The summed E-state index contributed by atoms with van der Waals surface area (Å²) in [5.41, 5.74) is 0.987. The molecule has 1 amide bonds. The Morgan fingerprint density at radius 3 is 2.79 bits per heavy atom. The Kier molecular flexibility index (Phi) is 5.09. The van der Waals surface area contributed by atoms with E-state index in [2.05, 4.69) is 24.6 Å². The van der Waals surface area contributed by atoms with Gasteiger partial charge >= 0.3 is 0 Å². The van der Waals surface area contributed by atoms with Crippen molar-refractivity contribution in [2.45, 2.75) is 68.6 Å². The highest BCUT2D eigenvalue weighted by molar-refractivity contribution is 7.99. The minimum absolute atomic E-state index is 0.273. The molecule has 7 heteroatoms. The highest BCUT2D eigenvalue weighted by atomic mass is 32.2. The Morgan fingerprint density at radius 2 is 1.96 bits per heavy atom. The summed E-state index contributed by atoms with van der Waals surface area (Å²) >= 11 is 1.55. The van der Waals surface area contributed by atoms with Crippen molar-refractivity contribution in [3.8, 4) is 11.4 Å². The minimum Gasteiger partial charge on any atom is -0.339 e. The Balaban J connectivity index is 1.30. The molecule has 28 heavy (non-hydrogen) atoms. The molecule has 1 saturated heterocycles. The van der Waals surface area contributed by atoms with Crippen molar-refractivity contribution in [1.82, 2.24) is 24.6 Å². The lowest BCUT2D eigenvalue weighted by molar-refractivity contribution is -0.134. The molecule has 1 aliphatic heterocycles. The Bertz CT molecular complexity index is 833. The highest BCUT2D eigenvalue weighted by Gasteiger charge is 2.36. The number of rotatable bonds is 5. The van der Waals surface area contributed by atoms with Crippen LogP contribution in [0.5, 0.6) is 0 Å². The normalized spacial score (nSPS) is 24.8. The maximum absolute atomic E-state index is 13.0. The van der Waals surface area contributed by atoms with Crippen LogP contribution in [0, 0.1) is 5.92 Å². The molecule has 2 atom stereocenters. The number of amides is 1. The molecule has 3 heterocycles. The molecule has 0 radical (unpaired) electrons. The number of nitrogens with zero attached hydrogens (tertiary/aromatic N) is 5. The van der Waals surface area contributed by atoms with Crippen molar-refractivity contribution in [3.05, 3.63) is 24.5 Å². The van der Waals surface area contributed by atoms with Crippen molar-refractivity contribution < 1.29 is 4.79 Å². The second kappa shape index (κ2) is 7.85. The first-order valence-corrected chi connectivity index (χ1v) is 11.6. The van der Waals surface area contributed by atoms with E-state index in [1.165, 1.54) is 32.1 Å². The SMILES string of the molecule is O=C(CSc1nnc(-c2cccnc2)n1C1CC1)N1CCC[C@@H]2CCCC[C@H]21. The van der Waals surface area contributed by atoms with E-state index in [1.54, 1.807) is 18.0 Å². The van der Waals surface area contributed by atoms with E-state index in [9.17, 15) is 4.79 Å². The molecule has 0 bridgehead atoms. The average Bonchev–Trinajstić information content (AvgIpc) is 3.51. The first-order chi connectivity index (χ1) is 13.8. The summed E-state index contributed by atoms with van der Waals surface area (Å²) < 4.78 is 2.22. The van der Waals surface area contributed by atoms with Crippen LogP contribution in [-0.4, -0.2) is 48.9 Å². The van der Waals surface area contributed by atoms with Crippen LogP contribution in [0.1, 0.15) is 57.4 Å². The zero-order chi connectivity index (χ0) is 18.9. The van der Waals surface area contributed by atoms with Gasteiger partial charge in [0, 0.05) is 36.6 Å².